The van der Waals surface area contributed by atoms with Crippen molar-refractivity contribution in [2.24, 2.45) is 0 Å². The number of methoxy groups -OCH3 is 1. The van der Waals surface area contributed by atoms with Gasteiger partial charge in [-0.3, -0.25) is 13.9 Å². The van der Waals surface area contributed by atoms with E-state index >= 15 is 0 Å². The maximum Gasteiger partial charge on any atom is 0.244 e. The molecule has 0 bridgehead atoms. The molecule has 2 rings (SSSR count). The number of amides is 2. The van der Waals surface area contributed by atoms with Gasteiger partial charge in [-0.2, -0.15) is 0 Å². The molecule has 0 unspecified atom stereocenters. The first-order chi connectivity index (χ1) is 16.5. The van der Waals surface area contributed by atoms with Crippen LogP contribution in [0.5, 0.6) is 5.75 Å². The third kappa shape index (κ3) is 8.02. The Morgan fingerprint density at radius 2 is 1.80 bits per heavy atom. The van der Waals surface area contributed by atoms with Crippen molar-refractivity contribution < 1.29 is 22.7 Å². The van der Waals surface area contributed by atoms with Gasteiger partial charge in [-0.1, -0.05) is 54.7 Å². The highest BCUT2D eigenvalue weighted by molar-refractivity contribution is 7.92. The molecule has 35 heavy (non-hydrogen) atoms. The summed E-state index contributed by atoms with van der Waals surface area (Å²) < 4.78 is 31.3. The van der Waals surface area contributed by atoms with Crippen LogP contribution in [-0.2, 0) is 26.2 Å². The second-order valence-corrected chi connectivity index (χ2v) is 10.7. The predicted octanol–water partition coefficient (Wildman–Crippen LogP) is 4.10. The summed E-state index contributed by atoms with van der Waals surface area (Å²) >= 11 is 12.5. The molecule has 11 heteroatoms. The van der Waals surface area contributed by atoms with E-state index in [1.807, 2.05) is 6.92 Å². The molecule has 0 heterocycles. The monoisotopic (exact) mass is 543 g/mol. The molecule has 0 aromatic heterocycles. The van der Waals surface area contributed by atoms with Crippen molar-refractivity contribution in [1.29, 1.82) is 0 Å². The molecule has 2 aromatic carbocycles. The summed E-state index contributed by atoms with van der Waals surface area (Å²) in [5, 5.41) is 3.46. The number of unbranched alkanes of at least 4 members (excludes halogenated alkanes) is 1. The fraction of sp³-hybridized carbons (Fsp3) is 0.417. The number of anilines is 1. The van der Waals surface area contributed by atoms with E-state index < -0.39 is 28.5 Å². The van der Waals surface area contributed by atoms with E-state index in [2.05, 4.69) is 5.32 Å². The molecule has 0 aliphatic heterocycles. The number of halogens is 2. The first kappa shape index (κ1) is 28.7. The van der Waals surface area contributed by atoms with Crippen molar-refractivity contribution in [3.05, 3.63) is 58.1 Å². The molecule has 2 aromatic rings. The van der Waals surface area contributed by atoms with E-state index in [0.29, 0.717) is 22.9 Å². The zero-order valence-corrected chi connectivity index (χ0v) is 22.6. The Morgan fingerprint density at radius 3 is 2.37 bits per heavy atom. The number of carbonyl (C=O) groups excluding carboxylic acids is 2. The molecule has 0 radical (unpaired) electrons. The summed E-state index contributed by atoms with van der Waals surface area (Å²) in [4.78, 5) is 27.6. The Morgan fingerprint density at radius 1 is 1.11 bits per heavy atom. The first-order valence-corrected chi connectivity index (χ1v) is 13.7. The standard InChI is InChI=1S/C24H31Cl2N3O5S/c1-5-6-13-27-24(31)17(2)28(15-18-9-7-8-10-20(18)25)23(30)16-29(35(4,32)33)19-11-12-22(34-3)21(26)14-19/h7-12,14,17H,5-6,13,15-16H2,1-4H3,(H,27,31)/t17-/m0/s1. The van der Waals surface area contributed by atoms with Crippen LogP contribution in [0, 0.1) is 0 Å². The maximum atomic E-state index is 13.5. The van der Waals surface area contributed by atoms with Crippen LogP contribution in [0.15, 0.2) is 42.5 Å². The van der Waals surface area contributed by atoms with E-state index in [4.69, 9.17) is 27.9 Å². The van der Waals surface area contributed by atoms with Crippen LogP contribution in [0.4, 0.5) is 5.69 Å². The van der Waals surface area contributed by atoms with Gasteiger partial charge in [0.05, 0.1) is 24.1 Å². The normalized spacial score (nSPS) is 12.1. The number of benzene rings is 2. The van der Waals surface area contributed by atoms with E-state index in [1.165, 1.54) is 30.2 Å². The SMILES string of the molecule is CCCCNC(=O)[C@H](C)N(Cc1ccccc1Cl)C(=O)CN(c1ccc(OC)c(Cl)c1)S(C)(=O)=O. The quantitative estimate of drug-likeness (QED) is 0.406. The molecule has 1 N–H and O–H groups in total. The molecule has 0 saturated heterocycles. The second-order valence-electron chi connectivity index (χ2n) is 8.02. The fourth-order valence-corrected chi connectivity index (χ4v) is 4.64. The first-order valence-electron chi connectivity index (χ1n) is 11.1. The van der Waals surface area contributed by atoms with Crippen LogP contribution in [0.1, 0.15) is 32.3 Å². The van der Waals surface area contributed by atoms with Crippen molar-refractivity contribution >= 4 is 50.7 Å². The van der Waals surface area contributed by atoms with Gasteiger partial charge in [0.15, 0.2) is 0 Å². The number of carbonyl (C=O) groups is 2. The number of hydrogen-bond acceptors (Lipinski definition) is 5. The Hall–Kier alpha value is -2.49. The lowest BCUT2D eigenvalue weighted by Gasteiger charge is -2.31. The third-order valence-corrected chi connectivity index (χ3v) is 7.20. The Kier molecular flexibility index (Phi) is 10.7. The molecule has 0 fully saturated rings. The summed E-state index contributed by atoms with van der Waals surface area (Å²) in [6.07, 6.45) is 2.71. The number of ether oxygens (including phenoxy) is 1. The van der Waals surface area contributed by atoms with Crippen LogP contribution >= 0.6 is 23.2 Å². The molecule has 192 valence electrons. The van der Waals surface area contributed by atoms with E-state index in [0.717, 1.165) is 23.4 Å². The van der Waals surface area contributed by atoms with Crippen molar-refractivity contribution in [2.45, 2.75) is 39.3 Å². The summed E-state index contributed by atoms with van der Waals surface area (Å²) in [6.45, 7) is 3.59. The molecule has 1 atom stereocenters. The van der Waals surface area contributed by atoms with Gasteiger partial charge in [-0.15, -0.1) is 0 Å². The van der Waals surface area contributed by atoms with E-state index in [-0.39, 0.29) is 23.2 Å². The van der Waals surface area contributed by atoms with Gasteiger partial charge in [0.1, 0.15) is 18.3 Å². The third-order valence-electron chi connectivity index (χ3n) is 5.40. The number of nitrogens with one attached hydrogen (secondary N) is 1. The lowest BCUT2D eigenvalue weighted by molar-refractivity contribution is -0.139. The van der Waals surface area contributed by atoms with Crippen molar-refractivity contribution in [2.75, 3.05) is 30.8 Å². The number of rotatable bonds is 12. The van der Waals surface area contributed by atoms with Gasteiger partial charge < -0.3 is 15.0 Å². The van der Waals surface area contributed by atoms with Crippen LogP contribution in [0.2, 0.25) is 10.0 Å². The highest BCUT2D eigenvalue weighted by atomic mass is 35.5. The zero-order chi connectivity index (χ0) is 26.2. The number of sulfonamides is 1. The summed E-state index contributed by atoms with van der Waals surface area (Å²) in [5.74, 6) is -0.536. The minimum atomic E-state index is -3.87. The largest absolute Gasteiger partial charge is 0.495 e. The van der Waals surface area contributed by atoms with Crippen molar-refractivity contribution in [3.63, 3.8) is 0 Å². The van der Waals surface area contributed by atoms with Gasteiger partial charge in [-0.05, 0) is 43.2 Å². The average molecular weight is 545 g/mol. The molecular weight excluding hydrogens is 513 g/mol. The smallest absolute Gasteiger partial charge is 0.244 e. The summed E-state index contributed by atoms with van der Waals surface area (Å²) in [7, 11) is -2.42. The zero-order valence-electron chi connectivity index (χ0n) is 20.3. The Bertz CT molecular complexity index is 1140. The van der Waals surface area contributed by atoms with Crippen LogP contribution < -0.4 is 14.4 Å². The second kappa shape index (κ2) is 13.0. The highest BCUT2D eigenvalue weighted by Crippen LogP contribution is 2.30. The molecule has 0 saturated carbocycles. The maximum absolute atomic E-state index is 13.5. The molecule has 8 nitrogen and oxygen atoms in total. The number of nitrogens with zero attached hydrogens (tertiary/aromatic N) is 2. The lowest BCUT2D eigenvalue weighted by atomic mass is 10.1. The molecule has 2 amide bonds. The van der Waals surface area contributed by atoms with E-state index in [1.54, 1.807) is 31.2 Å². The van der Waals surface area contributed by atoms with Crippen molar-refractivity contribution in [1.82, 2.24) is 10.2 Å². The van der Waals surface area contributed by atoms with E-state index in [9.17, 15) is 18.0 Å². The predicted molar refractivity (Wildman–Crippen MR) is 140 cm³/mol. The highest BCUT2D eigenvalue weighted by Gasteiger charge is 2.30. The average Bonchev–Trinajstić information content (AvgIpc) is 2.80. The van der Waals surface area contributed by atoms with Crippen molar-refractivity contribution in [3.8, 4) is 5.75 Å². The summed E-state index contributed by atoms with van der Waals surface area (Å²) in [5.41, 5.74) is 0.832. The Balaban J connectivity index is 2.39. The van der Waals surface area contributed by atoms with Gasteiger partial charge in [0.2, 0.25) is 21.8 Å². The minimum Gasteiger partial charge on any atom is -0.495 e. The van der Waals surface area contributed by atoms with Gasteiger partial charge in [0.25, 0.3) is 0 Å². The Labute approximate surface area is 217 Å². The van der Waals surface area contributed by atoms with Gasteiger partial charge in [-0.25, -0.2) is 8.42 Å². The summed E-state index contributed by atoms with van der Waals surface area (Å²) in [6, 6.07) is 10.5. The fourth-order valence-electron chi connectivity index (χ4n) is 3.35. The molecule has 0 spiro atoms. The number of hydrogen-bond donors (Lipinski definition) is 1. The molecular formula is C24H31Cl2N3O5S. The topological polar surface area (TPSA) is 96.0 Å². The van der Waals surface area contributed by atoms with Gasteiger partial charge >= 0.3 is 0 Å². The van der Waals surface area contributed by atoms with Crippen LogP contribution in [0.3, 0.4) is 0 Å². The lowest BCUT2D eigenvalue weighted by Crippen LogP contribution is -2.51. The van der Waals surface area contributed by atoms with Crippen LogP contribution in [-0.4, -0.2) is 57.6 Å². The van der Waals surface area contributed by atoms with Crippen LogP contribution in [0.25, 0.3) is 0 Å². The minimum absolute atomic E-state index is 0.0296. The van der Waals surface area contributed by atoms with Gasteiger partial charge in [0, 0.05) is 18.1 Å². The molecule has 0 aliphatic rings. The molecule has 0 aliphatic carbocycles.